The molecule has 2 aromatic carbocycles. The van der Waals surface area contributed by atoms with Crippen LogP contribution in [0.2, 0.25) is 0 Å². The van der Waals surface area contributed by atoms with Crippen molar-refractivity contribution in [3.8, 4) is 5.75 Å². The van der Waals surface area contributed by atoms with E-state index in [1.54, 1.807) is 0 Å². The molecule has 4 N–H and O–H groups in total. The summed E-state index contributed by atoms with van der Waals surface area (Å²) in [5.74, 6) is -2.73. The molecule has 6 heteroatoms. The minimum Gasteiger partial charge on any atom is -0.506 e. The average Bonchev–Trinajstić information content (AvgIpc) is 2.42. The van der Waals surface area contributed by atoms with E-state index in [-0.39, 0.29) is 22.6 Å². The molecular formula is C14H12F2N2O2. The molecule has 2 rings (SSSR count). The van der Waals surface area contributed by atoms with Crippen molar-refractivity contribution in [1.82, 2.24) is 0 Å². The molecule has 0 fully saturated rings. The molecule has 0 bridgehead atoms. The van der Waals surface area contributed by atoms with Gasteiger partial charge in [-0.25, -0.2) is 8.78 Å². The van der Waals surface area contributed by atoms with Crippen molar-refractivity contribution in [2.45, 2.75) is 6.92 Å². The zero-order valence-electron chi connectivity index (χ0n) is 10.6. The Morgan fingerprint density at radius 1 is 1.25 bits per heavy atom. The molecule has 0 aliphatic rings. The number of amides is 1. The number of nitrogens with one attached hydrogen (secondary N) is 1. The summed E-state index contributed by atoms with van der Waals surface area (Å²) in [5, 5.41) is 11.6. The first-order valence-electron chi connectivity index (χ1n) is 5.74. The fraction of sp³-hybridized carbons (Fsp3) is 0.0714. The molecule has 2 aromatic rings. The van der Waals surface area contributed by atoms with Gasteiger partial charge < -0.3 is 16.2 Å². The number of phenols is 1. The molecular weight excluding hydrogens is 266 g/mol. The molecule has 0 aliphatic heterocycles. The monoisotopic (exact) mass is 278 g/mol. The number of hydrogen-bond acceptors (Lipinski definition) is 3. The van der Waals surface area contributed by atoms with E-state index in [0.29, 0.717) is 0 Å². The smallest absolute Gasteiger partial charge is 0.255 e. The van der Waals surface area contributed by atoms with Gasteiger partial charge in [0.15, 0.2) is 5.82 Å². The zero-order chi connectivity index (χ0) is 14.9. The molecule has 0 saturated carbocycles. The molecule has 0 unspecified atom stereocenters. The first-order valence-corrected chi connectivity index (χ1v) is 5.74. The number of aryl methyl sites for hydroxylation is 1. The Labute approximate surface area is 113 Å². The van der Waals surface area contributed by atoms with E-state index in [0.717, 1.165) is 12.1 Å². The van der Waals surface area contributed by atoms with E-state index < -0.39 is 23.2 Å². The third-order valence-electron chi connectivity index (χ3n) is 2.82. The number of anilines is 2. The van der Waals surface area contributed by atoms with Crippen LogP contribution in [-0.2, 0) is 0 Å². The van der Waals surface area contributed by atoms with Crippen LogP contribution >= 0.6 is 0 Å². The maximum absolute atomic E-state index is 13.8. The van der Waals surface area contributed by atoms with Crippen molar-refractivity contribution in [2.24, 2.45) is 0 Å². The van der Waals surface area contributed by atoms with Crippen LogP contribution in [0.5, 0.6) is 5.75 Å². The van der Waals surface area contributed by atoms with Crippen molar-refractivity contribution in [3.05, 3.63) is 53.1 Å². The summed E-state index contributed by atoms with van der Waals surface area (Å²) in [4.78, 5) is 11.9. The molecule has 1 amide bonds. The van der Waals surface area contributed by atoms with Crippen molar-refractivity contribution in [1.29, 1.82) is 0 Å². The summed E-state index contributed by atoms with van der Waals surface area (Å²) < 4.78 is 27.3. The Morgan fingerprint density at radius 3 is 2.60 bits per heavy atom. The van der Waals surface area contributed by atoms with Gasteiger partial charge in [-0.15, -0.1) is 0 Å². The first-order chi connectivity index (χ1) is 9.40. The summed E-state index contributed by atoms with van der Waals surface area (Å²) in [7, 11) is 0. The molecule has 0 radical (unpaired) electrons. The normalized spacial score (nSPS) is 10.3. The Bertz CT molecular complexity index is 687. The third-order valence-corrected chi connectivity index (χ3v) is 2.82. The predicted molar refractivity (Wildman–Crippen MR) is 71.6 cm³/mol. The predicted octanol–water partition coefficient (Wildman–Crippen LogP) is 2.81. The van der Waals surface area contributed by atoms with E-state index in [9.17, 15) is 18.7 Å². The molecule has 0 saturated heterocycles. The molecule has 4 nitrogen and oxygen atoms in total. The molecule has 0 aliphatic carbocycles. The van der Waals surface area contributed by atoms with E-state index in [4.69, 9.17) is 5.73 Å². The zero-order valence-corrected chi connectivity index (χ0v) is 10.6. The highest BCUT2D eigenvalue weighted by molar-refractivity contribution is 6.05. The second kappa shape index (κ2) is 5.16. The summed E-state index contributed by atoms with van der Waals surface area (Å²) in [6, 6.07) is 6.13. The third kappa shape index (κ3) is 2.54. The summed E-state index contributed by atoms with van der Waals surface area (Å²) in [6.07, 6.45) is 0. The van der Waals surface area contributed by atoms with Gasteiger partial charge in [-0.3, -0.25) is 4.79 Å². The van der Waals surface area contributed by atoms with Gasteiger partial charge in [0.25, 0.3) is 5.91 Å². The van der Waals surface area contributed by atoms with E-state index in [1.165, 1.54) is 25.1 Å². The Hall–Kier alpha value is -2.63. The van der Waals surface area contributed by atoms with Crippen LogP contribution in [0, 0.1) is 18.6 Å². The topological polar surface area (TPSA) is 75.4 Å². The number of halogens is 2. The van der Waals surface area contributed by atoms with Gasteiger partial charge >= 0.3 is 0 Å². The van der Waals surface area contributed by atoms with Crippen LogP contribution in [0.1, 0.15) is 15.9 Å². The van der Waals surface area contributed by atoms with E-state index in [1.807, 2.05) is 0 Å². The second-order valence-corrected chi connectivity index (χ2v) is 4.28. The quantitative estimate of drug-likeness (QED) is 0.584. The molecule has 20 heavy (non-hydrogen) atoms. The summed E-state index contributed by atoms with van der Waals surface area (Å²) in [6.45, 7) is 1.46. The number of nitrogen functional groups attached to an aromatic ring is 1. The average molecular weight is 278 g/mol. The van der Waals surface area contributed by atoms with Crippen LogP contribution in [0.25, 0.3) is 0 Å². The number of benzene rings is 2. The van der Waals surface area contributed by atoms with Crippen molar-refractivity contribution >= 4 is 17.3 Å². The summed E-state index contributed by atoms with van der Waals surface area (Å²) in [5.41, 5.74) is 5.24. The number of rotatable bonds is 2. The fourth-order valence-electron chi connectivity index (χ4n) is 1.64. The lowest BCUT2D eigenvalue weighted by Crippen LogP contribution is -2.14. The largest absolute Gasteiger partial charge is 0.506 e. The maximum Gasteiger partial charge on any atom is 0.255 e. The minimum absolute atomic E-state index is 0.0389. The SMILES string of the molecule is Cc1ccc(F)c(NC(=O)c2ccc(N)c(O)c2)c1F. The number of aromatic hydroxyl groups is 1. The Kier molecular flexibility index (Phi) is 3.56. The van der Waals surface area contributed by atoms with Crippen LogP contribution in [-0.4, -0.2) is 11.0 Å². The van der Waals surface area contributed by atoms with Gasteiger partial charge in [0.2, 0.25) is 0 Å². The van der Waals surface area contributed by atoms with Gasteiger partial charge in [0, 0.05) is 5.56 Å². The van der Waals surface area contributed by atoms with Crippen molar-refractivity contribution in [3.63, 3.8) is 0 Å². The lowest BCUT2D eigenvalue weighted by atomic mass is 10.1. The highest BCUT2D eigenvalue weighted by Crippen LogP contribution is 2.24. The Morgan fingerprint density at radius 2 is 1.95 bits per heavy atom. The highest BCUT2D eigenvalue weighted by atomic mass is 19.1. The van der Waals surface area contributed by atoms with Crippen LogP contribution in [0.15, 0.2) is 30.3 Å². The Balaban J connectivity index is 2.32. The van der Waals surface area contributed by atoms with Crippen LogP contribution < -0.4 is 11.1 Å². The number of carbonyl (C=O) groups is 1. The lowest BCUT2D eigenvalue weighted by molar-refractivity contribution is 0.102. The number of phenolic OH excluding ortho intramolecular Hbond substituents is 1. The van der Waals surface area contributed by atoms with Gasteiger partial charge in [-0.05, 0) is 36.8 Å². The van der Waals surface area contributed by atoms with Gasteiger partial charge in [0.05, 0.1) is 5.69 Å². The highest BCUT2D eigenvalue weighted by Gasteiger charge is 2.16. The number of hydrogen-bond donors (Lipinski definition) is 3. The second-order valence-electron chi connectivity index (χ2n) is 4.28. The molecule has 104 valence electrons. The van der Waals surface area contributed by atoms with Crippen LogP contribution in [0.3, 0.4) is 0 Å². The first kappa shape index (κ1) is 13.8. The molecule has 0 heterocycles. The summed E-state index contributed by atoms with van der Waals surface area (Å²) >= 11 is 0. The van der Waals surface area contributed by atoms with Crippen molar-refractivity contribution in [2.75, 3.05) is 11.1 Å². The van der Waals surface area contributed by atoms with Gasteiger partial charge in [-0.1, -0.05) is 6.07 Å². The van der Waals surface area contributed by atoms with Crippen molar-refractivity contribution < 1.29 is 18.7 Å². The van der Waals surface area contributed by atoms with E-state index in [2.05, 4.69) is 5.32 Å². The maximum atomic E-state index is 13.8. The van der Waals surface area contributed by atoms with Gasteiger partial charge in [-0.2, -0.15) is 0 Å². The minimum atomic E-state index is -0.874. The fourth-order valence-corrected chi connectivity index (χ4v) is 1.64. The number of nitrogens with two attached hydrogens (primary N) is 1. The standard InChI is InChI=1S/C14H12F2N2O2/c1-7-2-4-9(15)13(12(7)16)18-14(20)8-3-5-10(17)11(19)6-8/h2-6,19H,17H2,1H3,(H,18,20). The molecule has 0 atom stereocenters. The lowest BCUT2D eigenvalue weighted by Gasteiger charge is -2.10. The van der Waals surface area contributed by atoms with E-state index >= 15 is 0 Å². The molecule has 0 aromatic heterocycles. The number of carbonyl (C=O) groups excluding carboxylic acids is 1. The molecule has 0 spiro atoms. The van der Waals surface area contributed by atoms with Gasteiger partial charge in [0.1, 0.15) is 17.3 Å². The van der Waals surface area contributed by atoms with Crippen LogP contribution in [0.4, 0.5) is 20.2 Å².